The molecule has 2 aromatic carbocycles. The molecule has 1 N–H and O–H groups in total. The minimum Gasteiger partial charge on any atom is -0.507 e. The van der Waals surface area contributed by atoms with E-state index in [1.54, 1.807) is 25.5 Å². The molecule has 0 fully saturated rings. The number of benzene rings is 2. The minimum absolute atomic E-state index is 0.0385. The Bertz CT molecular complexity index is 933. The number of nitrogens with zero attached hydrogens (tertiary/aromatic N) is 3. The molecule has 26 heavy (non-hydrogen) atoms. The number of rotatable bonds is 5. The largest absolute Gasteiger partial charge is 0.507 e. The summed E-state index contributed by atoms with van der Waals surface area (Å²) in [4.78, 5) is 12.8. The van der Waals surface area contributed by atoms with Gasteiger partial charge in [-0.05, 0) is 55.8 Å². The summed E-state index contributed by atoms with van der Waals surface area (Å²) < 4.78 is 10.6. The highest BCUT2D eigenvalue weighted by Gasteiger charge is 2.11. The molecule has 0 saturated heterocycles. The van der Waals surface area contributed by atoms with E-state index in [-0.39, 0.29) is 5.75 Å². The van der Waals surface area contributed by atoms with Crippen LogP contribution in [0.1, 0.15) is 13.8 Å². The van der Waals surface area contributed by atoms with Gasteiger partial charge in [0.25, 0.3) is 0 Å². The second kappa shape index (κ2) is 7.65. The molecule has 0 saturated carbocycles. The van der Waals surface area contributed by atoms with Gasteiger partial charge in [0.05, 0.1) is 18.9 Å². The van der Waals surface area contributed by atoms with Crippen LogP contribution >= 0.6 is 0 Å². The Labute approximate surface area is 151 Å². The van der Waals surface area contributed by atoms with Crippen molar-refractivity contribution in [2.24, 2.45) is 0 Å². The third-order valence-corrected chi connectivity index (χ3v) is 3.56. The predicted molar refractivity (Wildman–Crippen MR) is 99.0 cm³/mol. The molecule has 6 nitrogen and oxygen atoms in total. The quantitative estimate of drug-likeness (QED) is 0.695. The Balaban J connectivity index is 1.91. The third-order valence-electron chi connectivity index (χ3n) is 3.56. The van der Waals surface area contributed by atoms with E-state index in [0.29, 0.717) is 23.0 Å². The molecular weight excluding hydrogens is 330 g/mol. The maximum Gasteiger partial charge on any atom is 0.167 e. The first-order chi connectivity index (χ1) is 12.6. The van der Waals surface area contributed by atoms with Crippen LogP contribution in [0.5, 0.6) is 17.2 Å². The summed E-state index contributed by atoms with van der Waals surface area (Å²) in [6.07, 6.45) is 3.05. The highest BCUT2D eigenvalue weighted by Crippen LogP contribution is 2.31. The van der Waals surface area contributed by atoms with Crippen LogP contribution < -0.4 is 9.47 Å². The molecule has 0 aliphatic rings. The van der Waals surface area contributed by atoms with E-state index in [1.807, 2.05) is 38.1 Å². The molecule has 3 aromatic rings. The standard InChI is InChI=1S/C20H19N3O3/c1-13(2)11-26-16-8-9-17(18(24)10-16)20-22-12-21-19(23-20)14-4-6-15(25-3)7-5-14/h4-12,24H,1-3H3. The lowest BCUT2D eigenvalue weighted by atomic mass is 10.1. The van der Waals surface area contributed by atoms with E-state index in [4.69, 9.17) is 9.47 Å². The Morgan fingerprint density at radius 1 is 0.962 bits per heavy atom. The second-order valence-corrected chi connectivity index (χ2v) is 5.85. The first-order valence-corrected chi connectivity index (χ1v) is 8.03. The van der Waals surface area contributed by atoms with Crippen molar-refractivity contribution in [2.45, 2.75) is 13.8 Å². The number of phenolic OH excluding ortho intramolecular Hbond substituents is 1. The summed E-state index contributed by atoms with van der Waals surface area (Å²) in [6, 6.07) is 12.4. The molecule has 0 amide bonds. The van der Waals surface area contributed by atoms with Crippen LogP contribution in [0.25, 0.3) is 22.8 Å². The zero-order valence-electron chi connectivity index (χ0n) is 14.8. The smallest absolute Gasteiger partial charge is 0.167 e. The molecule has 0 atom stereocenters. The molecule has 6 heteroatoms. The molecule has 0 radical (unpaired) electrons. The zero-order valence-corrected chi connectivity index (χ0v) is 14.8. The lowest BCUT2D eigenvalue weighted by Gasteiger charge is -2.08. The molecule has 1 aromatic heterocycles. The van der Waals surface area contributed by atoms with Gasteiger partial charge < -0.3 is 14.6 Å². The summed E-state index contributed by atoms with van der Waals surface area (Å²) in [5, 5.41) is 10.3. The van der Waals surface area contributed by atoms with E-state index in [1.165, 1.54) is 12.4 Å². The number of aromatic hydroxyl groups is 1. The SMILES string of the molecule is COc1ccc(-c2ncnc(-c3ccc(OC=C(C)C)cc3O)n2)cc1. The molecule has 1 heterocycles. The number of phenols is 1. The highest BCUT2D eigenvalue weighted by atomic mass is 16.5. The van der Waals surface area contributed by atoms with Gasteiger partial charge in [-0.2, -0.15) is 0 Å². The van der Waals surface area contributed by atoms with Crippen LogP contribution in [0.3, 0.4) is 0 Å². The maximum atomic E-state index is 10.3. The topological polar surface area (TPSA) is 77.4 Å². The predicted octanol–water partition coefficient (Wildman–Crippen LogP) is 4.22. The van der Waals surface area contributed by atoms with Crippen molar-refractivity contribution in [3.05, 3.63) is 60.6 Å². The fraction of sp³-hybridized carbons (Fsp3) is 0.150. The van der Waals surface area contributed by atoms with E-state index >= 15 is 0 Å². The fourth-order valence-corrected chi connectivity index (χ4v) is 2.26. The lowest BCUT2D eigenvalue weighted by molar-refractivity contribution is 0.415. The van der Waals surface area contributed by atoms with Crippen LogP contribution in [0.2, 0.25) is 0 Å². The summed E-state index contributed by atoms with van der Waals surface area (Å²) in [6.45, 7) is 3.86. The number of hydrogen-bond donors (Lipinski definition) is 1. The molecule has 0 bridgehead atoms. The van der Waals surface area contributed by atoms with Gasteiger partial charge in [-0.3, -0.25) is 0 Å². The number of hydrogen-bond acceptors (Lipinski definition) is 6. The van der Waals surface area contributed by atoms with Gasteiger partial charge in [0.2, 0.25) is 0 Å². The fourth-order valence-electron chi connectivity index (χ4n) is 2.26. The van der Waals surface area contributed by atoms with Crippen LogP contribution in [0, 0.1) is 0 Å². The second-order valence-electron chi connectivity index (χ2n) is 5.85. The summed E-state index contributed by atoms with van der Waals surface area (Å²) >= 11 is 0. The van der Waals surface area contributed by atoms with E-state index in [2.05, 4.69) is 15.0 Å². The van der Waals surface area contributed by atoms with Gasteiger partial charge in [-0.1, -0.05) is 0 Å². The number of aromatic nitrogens is 3. The van der Waals surface area contributed by atoms with Gasteiger partial charge in [-0.15, -0.1) is 0 Å². The number of methoxy groups -OCH3 is 1. The molecule has 0 spiro atoms. The normalized spacial score (nSPS) is 10.3. The average molecular weight is 349 g/mol. The van der Waals surface area contributed by atoms with Crippen molar-refractivity contribution in [1.82, 2.24) is 15.0 Å². The minimum atomic E-state index is 0.0385. The van der Waals surface area contributed by atoms with Crippen molar-refractivity contribution in [1.29, 1.82) is 0 Å². The first-order valence-electron chi connectivity index (χ1n) is 8.03. The monoisotopic (exact) mass is 349 g/mol. The van der Waals surface area contributed by atoms with E-state index in [0.717, 1.165) is 16.9 Å². The van der Waals surface area contributed by atoms with Gasteiger partial charge >= 0.3 is 0 Å². The van der Waals surface area contributed by atoms with Gasteiger partial charge in [0.15, 0.2) is 11.6 Å². The van der Waals surface area contributed by atoms with Gasteiger partial charge in [0.1, 0.15) is 23.6 Å². The van der Waals surface area contributed by atoms with Crippen molar-refractivity contribution >= 4 is 0 Å². The Morgan fingerprint density at radius 3 is 2.31 bits per heavy atom. The van der Waals surface area contributed by atoms with Crippen molar-refractivity contribution in [2.75, 3.05) is 7.11 Å². The number of allylic oxidation sites excluding steroid dienone is 1. The third kappa shape index (κ3) is 3.97. The van der Waals surface area contributed by atoms with E-state index < -0.39 is 0 Å². The van der Waals surface area contributed by atoms with Crippen molar-refractivity contribution in [3.8, 4) is 40.0 Å². The Hall–Kier alpha value is -3.41. The first kappa shape index (κ1) is 17.4. The molecule has 0 aliphatic carbocycles. The summed E-state index contributed by atoms with van der Waals surface area (Å²) in [5.41, 5.74) is 2.36. The molecule has 132 valence electrons. The van der Waals surface area contributed by atoms with Crippen molar-refractivity contribution < 1.29 is 14.6 Å². The lowest BCUT2D eigenvalue weighted by Crippen LogP contribution is -1.96. The molecule has 0 aliphatic heterocycles. The van der Waals surface area contributed by atoms with Crippen LogP contribution in [-0.4, -0.2) is 27.2 Å². The van der Waals surface area contributed by atoms with Crippen LogP contribution in [-0.2, 0) is 0 Å². The van der Waals surface area contributed by atoms with Crippen LogP contribution in [0.4, 0.5) is 0 Å². The van der Waals surface area contributed by atoms with Gasteiger partial charge in [-0.25, -0.2) is 15.0 Å². The average Bonchev–Trinajstić information content (AvgIpc) is 2.66. The van der Waals surface area contributed by atoms with Crippen LogP contribution in [0.15, 0.2) is 60.6 Å². The number of ether oxygens (including phenoxy) is 2. The van der Waals surface area contributed by atoms with Gasteiger partial charge in [0, 0.05) is 11.6 Å². The Kier molecular flexibility index (Phi) is 5.12. The molecular formula is C20H19N3O3. The maximum absolute atomic E-state index is 10.3. The Morgan fingerprint density at radius 2 is 1.65 bits per heavy atom. The summed E-state index contributed by atoms with van der Waals surface area (Å²) in [7, 11) is 1.61. The molecule has 3 rings (SSSR count). The zero-order chi connectivity index (χ0) is 18.5. The van der Waals surface area contributed by atoms with E-state index in [9.17, 15) is 5.11 Å². The highest BCUT2D eigenvalue weighted by molar-refractivity contribution is 5.67. The summed E-state index contributed by atoms with van der Waals surface area (Å²) in [5.74, 6) is 2.24. The van der Waals surface area contributed by atoms with Crippen molar-refractivity contribution in [3.63, 3.8) is 0 Å². The molecule has 0 unspecified atom stereocenters.